The highest BCUT2D eigenvalue weighted by Crippen LogP contribution is 2.65. The number of nitrogens with zero attached hydrogens (tertiary/aromatic N) is 1. The van der Waals surface area contributed by atoms with E-state index < -0.39 is 5.72 Å². The van der Waals surface area contributed by atoms with Gasteiger partial charge in [0.05, 0.1) is 6.10 Å². The Hall–Kier alpha value is -0.870. The molecule has 7 atom stereocenters. The van der Waals surface area contributed by atoms with Crippen molar-refractivity contribution in [3.05, 3.63) is 12.2 Å². The number of esters is 1. The van der Waals surface area contributed by atoms with Crippen LogP contribution in [0.1, 0.15) is 44.9 Å². The molecule has 4 aliphatic carbocycles. The van der Waals surface area contributed by atoms with E-state index in [1.165, 1.54) is 19.3 Å². The van der Waals surface area contributed by atoms with Crippen molar-refractivity contribution in [2.45, 2.75) is 62.8 Å². The number of hydrogen-bond donors (Lipinski definition) is 0. The highest BCUT2D eigenvalue weighted by molar-refractivity contribution is 5.79. The van der Waals surface area contributed by atoms with Gasteiger partial charge in [0.1, 0.15) is 6.04 Å². The lowest BCUT2D eigenvalue weighted by Gasteiger charge is -2.38. The summed E-state index contributed by atoms with van der Waals surface area (Å²) in [5.41, 5.74) is -0.422. The molecule has 0 amide bonds. The van der Waals surface area contributed by atoms with E-state index in [1.807, 2.05) is 5.06 Å². The van der Waals surface area contributed by atoms with Gasteiger partial charge in [0.25, 0.3) is 0 Å². The summed E-state index contributed by atoms with van der Waals surface area (Å²) < 4.78 is 5.93. The normalized spacial score (nSPS) is 53.8. The summed E-state index contributed by atoms with van der Waals surface area (Å²) in [5.74, 6) is 3.17. The summed E-state index contributed by atoms with van der Waals surface area (Å²) in [6.07, 6.45) is 13.0. The Balaban J connectivity index is 1.38. The maximum atomic E-state index is 12.7. The molecule has 2 saturated heterocycles. The second-order valence-corrected chi connectivity index (χ2v) is 8.31. The summed E-state index contributed by atoms with van der Waals surface area (Å²) in [7, 11) is 0. The van der Waals surface area contributed by atoms with Crippen LogP contribution in [0.15, 0.2) is 12.2 Å². The van der Waals surface area contributed by atoms with Crippen molar-refractivity contribution in [2.24, 2.45) is 29.6 Å². The Bertz CT molecular complexity index is 567. The highest BCUT2D eigenvalue weighted by atomic mass is 16.8. The molecule has 0 aromatic carbocycles. The van der Waals surface area contributed by atoms with Crippen LogP contribution in [0.2, 0.25) is 0 Å². The zero-order valence-electron chi connectivity index (χ0n) is 12.8. The zero-order chi connectivity index (χ0) is 14.5. The molecule has 4 nitrogen and oxygen atoms in total. The molecule has 2 aliphatic heterocycles. The van der Waals surface area contributed by atoms with Crippen LogP contribution in [0.4, 0.5) is 0 Å². The first-order valence-electron chi connectivity index (χ1n) is 9.14. The summed E-state index contributed by atoms with van der Waals surface area (Å²) >= 11 is 0. The molecule has 5 fully saturated rings. The topological polar surface area (TPSA) is 38.8 Å². The van der Waals surface area contributed by atoms with Crippen LogP contribution in [0.3, 0.4) is 0 Å². The third kappa shape index (κ3) is 1.28. The molecule has 0 aromatic heterocycles. The third-order valence-electron chi connectivity index (χ3n) is 7.57. The molecule has 4 heteroatoms. The monoisotopic (exact) mass is 301 g/mol. The molecule has 0 aromatic rings. The molecular weight excluding hydrogens is 278 g/mol. The van der Waals surface area contributed by atoms with E-state index in [1.54, 1.807) is 0 Å². The standard InChI is InChI=1S/C18H23NO3/c20-17-15-14-12-9-13(11-6-4-5-10(11)12)16(14)22-19(15)18(21-17)7-2-1-3-8-18/h4,6,10-16H,1-3,5,7-9H2/t10?,11-,12-,13+,14+,15-,16+/m0/s1. The van der Waals surface area contributed by atoms with Gasteiger partial charge in [0, 0.05) is 18.8 Å². The van der Waals surface area contributed by atoms with Gasteiger partial charge in [-0.25, -0.2) is 0 Å². The van der Waals surface area contributed by atoms with Gasteiger partial charge >= 0.3 is 5.97 Å². The molecule has 6 aliphatic rings. The van der Waals surface area contributed by atoms with Gasteiger partial charge in [-0.2, -0.15) is 0 Å². The van der Waals surface area contributed by atoms with Crippen LogP contribution in [-0.2, 0) is 14.4 Å². The Morgan fingerprint density at radius 2 is 2.00 bits per heavy atom. The van der Waals surface area contributed by atoms with Crippen molar-refractivity contribution in [1.82, 2.24) is 5.06 Å². The molecular formula is C18H23NO3. The van der Waals surface area contributed by atoms with Crippen LogP contribution in [0.25, 0.3) is 0 Å². The summed E-state index contributed by atoms with van der Waals surface area (Å²) in [6, 6.07) is -0.111. The van der Waals surface area contributed by atoms with E-state index in [4.69, 9.17) is 9.57 Å². The summed E-state index contributed by atoms with van der Waals surface area (Å²) in [5, 5.41) is 2.05. The van der Waals surface area contributed by atoms with Crippen LogP contribution in [-0.4, -0.2) is 28.9 Å². The number of carbonyl (C=O) groups excluding carboxylic acids is 1. The van der Waals surface area contributed by atoms with E-state index in [9.17, 15) is 4.79 Å². The van der Waals surface area contributed by atoms with Gasteiger partial charge < -0.3 is 4.74 Å². The van der Waals surface area contributed by atoms with Crippen LogP contribution < -0.4 is 0 Å². The molecule has 1 unspecified atom stereocenters. The lowest BCUT2D eigenvalue weighted by molar-refractivity contribution is -0.276. The minimum atomic E-state index is -0.422. The molecule has 22 heavy (non-hydrogen) atoms. The van der Waals surface area contributed by atoms with Crippen molar-refractivity contribution in [1.29, 1.82) is 0 Å². The Morgan fingerprint density at radius 3 is 2.86 bits per heavy atom. The lowest BCUT2D eigenvalue weighted by Crippen LogP contribution is -2.47. The smallest absolute Gasteiger partial charge is 0.328 e. The lowest BCUT2D eigenvalue weighted by atomic mass is 9.71. The summed E-state index contributed by atoms with van der Waals surface area (Å²) in [4.78, 5) is 19.1. The van der Waals surface area contributed by atoms with E-state index in [-0.39, 0.29) is 18.1 Å². The second kappa shape index (κ2) is 3.96. The summed E-state index contributed by atoms with van der Waals surface area (Å²) in [6.45, 7) is 0. The fraction of sp³-hybridized carbons (Fsp3) is 0.833. The first-order chi connectivity index (χ1) is 10.8. The first-order valence-corrected chi connectivity index (χ1v) is 9.14. The highest BCUT2D eigenvalue weighted by Gasteiger charge is 2.71. The van der Waals surface area contributed by atoms with Crippen molar-refractivity contribution in [3.63, 3.8) is 0 Å². The molecule has 118 valence electrons. The van der Waals surface area contributed by atoms with Crippen molar-refractivity contribution < 1.29 is 14.4 Å². The van der Waals surface area contributed by atoms with Gasteiger partial charge in [0.2, 0.25) is 0 Å². The molecule has 2 heterocycles. The van der Waals surface area contributed by atoms with Crippen LogP contribution in [0, 0.1) is 29.6 Å². The molecule has 0 radical (unpaired) electrons. The van der Waals surface area contributed by atoms with Crippen molar-refractivity contribution in [3.8, 4) is 0 Å². The molecule has 6 rings (SSSR count). The maximum absolute atomic E-state index is 12.7. The zero-order valence-corrected chi connectivity index (χ0v) is 12.8. The fourth-order valence-corrected chi connectivity index (χ4v) is 6.82. The number of rotatable bonds is 0. The van der Waals surface area contributed by atoms with E-state index in [0.717, 1.165) is 31.6 Å². The number of ether oxygens (including phenoxy) is 1. The fourth-order valence-electron chi connectivity index (χ4n) is 6.82. The molecule has 3 saturated carbocycles. The van der Waals surface area contributed by atoms with Gasteiger partial charge in [0.15, 0.2) is 5.72 Å². The largest absolute Gasteiger partial charge is 0.440 e. The van der Waals surface area contributed by atoms with Crippen molar-refractivity contribution >= 4 is 5.97 Å². The van der Waals surface area contributed by atoms with Crippen LogP contribution >= 0.6 is 0 Å². The molecule has 2 bridgehead atoms. The van der Waals surface area contributed by atoms with E-state index >= 15 is 0 Å². The van der Waals surface area contributed by atoms with Gasteiger partial charge in [-0.3, -0.25) is 9.63 Å². The molecule has 0 N–H and O–H groups in total. The SMILES string of the molecule is O=C1OC2(CCCCC2)N2O[C@@H]3[C@@H]4C[C@@H](C5CC=C[C@@H]54)[C@@H]3[C@@H]12. The Kier molecular flexibility index (Phi) is 2.26. The first kappa shape index (κ1) is 12.5. The van der Waals surface area contributed by atoms with Gasteiger partial charge in [-0.15, -0.1) is 5.06 Å². The predicted molar refractivity (Wildman–Crippen MR) is 78.2 cm³/mol. The average molecular weight is 301 g/mol. The van der Waals surface area contributed by atoms with E-state index in [2.05, 4.69) is 12.2 Å². The Labute approximate surface area is 130 Å². The minimum absolute atomic E-state index is 0.00413. The average Bonchev–Trinajstić information content (AvgIpc) is 3.26. The quantitative estimate of drug-likeness (QED) is 0.509. The van der Waals surface area contributed by atoms with Crippen molar-refractivity contribution in [2.75, 3.05) is 0 Å². The number of fused-ring (bicyclic) bond motifs is 11. The van der Waals surface area contributed by atoms with Crippen LogP contribution in [0.5, 0.6) is 0 Å². The van der Waals surface area contributed by atoms with Gasteiger partial charge in [-0.1, -0.05) is 18.6 Å². The second-order valence-electron chi connectivity index (χ2n) is 8.31. The number of allylic oxidation sites excluding steroid dienone is 2. The Morgan fingerprint density at radius 1 is 1.14 bits per heavy atom. The number of hydrogen-bond acceptors (Lipinski definition) is 4. The number of carbonyl (C=O) groups is 1. The van der Waals surface area contributed by atoms with Gasteiger partial charge in [-0.05, 0) is 49.4 Å². The predicted octanol–water partition coefficient (Wildman–Crippen LogP) is 2.65. The third-order valence-corrected chi connectivity index (χ3v) is 7.57. The maximum Gasteiger partial charge on any atom is 0.328 e. The molecule has 1 spiro atoms. The minimum Gasteiger partial charge on any atom is -0.440 e. The number of hydroxylamine groups is 2. The van der Waals surface area contributed by atoms with E-state index in [0.29, 0.717) is 23.7 Å².